The molecule has 8 N–H and O–H groups in total. The van der Waals surface area contributed by atoms with E-state index in [0.29, 0.717) is 87.9 Å². The number of aromatic nitrogens is 13. The Labute approximate surface area is 697 Å². The van der Waals surface area contributed by atoms with E-state index in [1.165, 1.54) is 66.8 Å². The second-order valence-electron chi connectivity index (χ2n) is 31.0. The molecular weight excluding hydrogens is 1560 g/mol. The number of amides is 7. The average Bonchev–Trinajstić information content (AvgIpc) is 1.76. The molecule has 638 valence electrons. The van der Waals surface area contributed by atoms with Gasteiger partial charge in [0.1, 0.15) is 40.1 Å². The lowest BCUT2D eigenvalue weighted by atomic mass is 10.0. The first-order valence-corrected chi connectivity index (χ1v) is 39.7. The molecule has 7 amide bonds. The lowest BCUT2D eigenvalue weighted by Crippen LogP contribution is -3.05. The minimum Gasteiger partial charge on any atom is -0.351 e. The van der Waals surface area contributed by atoms with Gasteiger partial charge in [0.15, 0.2) is 34.8 Å². The van der Waals surface area contributed by atoms with Crippen LogP contribution in [-0.2, 0) is 127 Å². The SMILES string of the molecule is CC(=O)Nc1cc(C(=O)Nc2cc(C(=O)NCCC(=O)Nc3cn(C)c(C(=O)Nc4cc(C(=O)Nc5cc(C(=O)NCCCC(=O)Cc6cc(C(=O)Cc7cn(C)c(C(=O)Cc8cc(C(=O)CCCC(=O)Cc9cn(C)c(C(=O)Cc%10cc(C(=O)CCCC(=O)CCCC[NH+](C)C)n(C)c%10)n9)n(C)c8)n7)n(C)c6)n(C)c5)n(C)c4)n3)n(C)c2)n(C)c1. The Morgan fingerprint density at radius 1 is 0.306 bits per heavy atom. The predicted molar refractivity (Wildman–Crippen MR) is 447 cm³/mol. The summed E-state index contributed by atoms with van der Waals surface area (Å²) >= 11 is 0. The van der Waals surface area contributed by atoms with Crippen LogP contribution in [-0.4, -0.2) is 182 Å². The van der Waals surface area contributed by atoms with Crippen LogP contribution in [0, 0.1) is 0 Å². The summed E-state index contributed by atoms with van der Waals surface area (Å²) in [6.45, 7) is 2.46. The van der Waals surface area contributed by atoms with Gasteiger partial charge in [-0.25, -0.2) is 15.0 Å². The number of carbonyl (C=O) groups is 15. The lowest BCUT2D eigenvalue weighted by Gasteiger charge is -2.06. The first-order chi connectivity index (χ1) is 57.4. The number of carbonyl (C=O) groups excluding carboxylic acids is 15. The van der Waals surface area contributed by atoms with Crippen molar-refractivity contribution in [2.24, 2.45) is 70.5 Å². The van der Waals surface area contributed by atoms with Crippen molar-refractivity contribution in [3.8, 4) is 0 Å². The molecular formula is C85H104N21O15+. The van der Waals surface area contributed by atoms with E-state index in [0.717, 1.165) is 19.4 Å². The molecule has 0 aromatic carbocycles. The molecule has 0 atom stereocenters. The quantitative estimate of drug-likeness (QED) is 0.0167. The van der Waals surface area contributed by atoms with Gasteiger partial charge in [-0.2, -0.15) is 0 Å². The number of hydrogen-bond donors (Lipinski definition) is 8. The van der Waals surface area contributed by atoms with Crippen LogP contribution < -0.4 is 42.1 Å². The number of imidazole rings is 3. The summed E-state index contributed by atoms with van der Waals surface area (Å²) in [4.78, 5) is 212. The molecule has 0 bridgehead atoms. The highest BCUT2D eigenvalue weighted by molar-refractivity contribution is 6.08. The van der Waals surface area contributed by atoms with Gasteiger partial charge in [0.05, 0.1) is 84.7 Å². The Morgan fingerprint density at radius 3 is 1.17 bits per heavy atom. The molecule has 0 fully saturated rings. The molecule has 121 heavy (non-hydrogen) atoms. The van der Waals surface area contributed by atoms with E-state index in [1.54, 1.807) is 166 Å². The molecule has 0 saturated heterocycles. The molecule has 10 heterocycles. The summed E-state index contributed by atoms with van der Waals surface area (Å²) in [6.07, 6.45) is 19.9. The maximum absolute atomic E-state index is 13.7. The van der Waals surface area contributed by atoms with Crippen LogP contribution in [0.4, 0.5) is 28.6 Å². The van der Waals surface area contributed by atoms with Gasteiger partial charge >= 0.3 is 0 Å². The molecule has 0 saturated carbocycles. The Hall–Kier alpha value is -13.8. The van der Waals surface area contributed by atoms with E-state index in [2.05, 4.69) is 66.3 Å². The summed E-state index contributed by atoms with van der Waals surface area (Å²) in [5, 5.41) is 19.0. The summed E-state index contributed by atoms with van der Waals surface area (Å²) < 4.78 is 15.6. The largest absolute Gasteiger partial charge is 0.351 e. The smallest absolute Gasteiger partial charge is 0.291 e. The average molecular weight is 1660 g/mol. The zero-order valence-corrected chi connectivity index (χ0v) is 70.4. The standard InChI is InChI=1S/C85H103N21O15/c1-51(107)88-56-36-69(102(9)44-56)83(119)91-58-38-68(101(8)46-58)82(118)87-27-25-77(116)94-76-50-106(13)80(95-76)85(121)93-59-39-70(103(10)47-59)84(120)92-57-37-67(100(7)45-57)81(117)86-26-18-22-62(109)29-52-30-66(99(6)41-52)73(113)40-60-49-105(12)79(90-60)75(115)34-54-32-65(98(5)43-54)72(112)24-17-21-63(110)35-55-48-104(11)78(89-55)74(114)33-53-31-64(97(4)42-53)71(111)23-16-20-61(108)19-14-15-28-96(2)3/h30-32,36-39,41-50H,14-29,33-35,40H2,1-13H3,(H,86,117)(H,87,118)(H,88,107)(H,91,119)(H,92,120)(H,93,121)(H,94,116)/p+1. The number of ketones is 8. The molecule has 0 spiro atoms. The van der Waals surface area contributed by atoms with Crippen LogP contribution >= 0.6 is 0 Å². The molecule has 0 unspecified atom stereocenters. The normalized spacial score (nSPS) is 11.3. The van der Waals surface area contributed by atoms with Gasteiger partial charge in [-0.1, -0.05) is 0 Å². The highest BCUT2D eigenvalue weighted by Gasteiger charge is 2.27. The fourth-order valence-corrected chi connectivity index (χ4v) is 14.3. The fraction of sp³-hybridized carbons (Fsp3) is 0.388. The van der Waals surface area contributed by atoms with E-state index in [9.17, 15) is 71.9 Å². The van der Waals surface area contributed by atoms with Gasteiger partial charge < -0.3 is 87.8 Å². The van der Waals surface area contributed by atoms with E-state index in [-0.39, 0.29) is 188 Å². The molecule has 36 nitrogen and oxygen atoms in total. The Kier molecular flexibility index (Phi) is 29.7. The van der Waals surface area contributed by atoms with Crippen molar-refractivity contribution >= 4 is 116 Å². The molecule has 0 aliphatic heterocycles. The molecule has 0 aliphatic carbocycles. The van der Waals surface area contributed by atoms with Crippen molar-refractivity contribution in [1.29, 1.82) is 0 Å². The Balaban J connectivity index is 0.598. The zero-order chi connectivity index (χ0) is 87.8. The van der Waals surface area contributed by atoms with E-state index < -0.39 is 35.4 Å². The maximum Gasteiger partial charge on any atom is 0.291 e. The number of aryl methyl sites for hydroxylation is 10. The minimum absolute atomic E-state index is 0.00682. The molecule has 0 aliphatic rings. The second-order valence-corrected chi connectivity index (χ2v) is 31.0. The molecule has 10 rings (SSSR count). The van der Waals surface area contributed by atoms with Gasteiger partial charge in [0.2, 0.25) is 29.2 Å². The van der Waals surface area contributed by atoms with E-state index in [1.807, 2.05) is 0 Å². The summed E-state index contributed by atoms with van der Waals surface area (Å²) in [6, 6.07) is 10.9. The van der Waals surface area contributed by atoms with Crippen LogP contribution in [0.25, 0.3) is 0 Å². The summed E-state index contributed by atoms with van der Waals surface area (Å²) in [5.41, 5.74) is 5.95. The van der Waals surface area contributed by atoms with Crippen molar-refractivity contribution in [3.63, 3.8) is 0 Å². The minimum atomic E-state index is -0.653. The third-order valence-corrected chi connectivity index (χ3v) is 20.3. The number of rotatable bonds is 45. The van der Waals surface area contributed by atoms with Gasteiger partial charge in [0, 0.05) is 217 Å². The van der Waals surface area contributed by atoms with Gasteiger partial charge in [-0.3, -0.25) is 71.9 Å². The highest BCUT2D eigenvalue weighted by Crippen LogP contribution is 2.24. The number of nitrogens with zero attached hydrogens (tertiary/aromatic N) is 13. The van der Waals surface area contributed by atoms with E-state index >= 15 is 0 Å². The van der Waals surface area contributed by atoms with Crippen LogP contribution in [0.3, 0.4) is 0 Å². The summed E-state index contributed by atoms with van der Waals surface area (Å²) in [5.74, 6) is -4.50. The highest BCUT2D eigenvalue weighted by atomic mass is 16.2. The topological polar surface area (TPSA) is 433 Å². The molecule has 10 aromatic rings. The first-order valence-electron chi connectivity index (χ1n) is 39.7. The number of Topliss-reactive ketones (excluding diaryl/α,β-unsaturated/α-hetero) is 8. The predicted octanol–water partition coefficient (Wildman–Crippen LogP) is 5.73. The van der Waals surface area contributed by atoms with Crippen molar-refractivity contribution in [1.82, 2.24) is 71.3 Å². The third kappa shape index (κ3) is 24.2. The van der Waals surface area contributed by atoms with Crippen molar-refractivity contribution in [2.75, 3.05) is 60.3 Å². The maximum atomic E-state index is 13.7. The fourth-order valence-electron chi connectivity index (χ4n) is 14.3. The molecule has 36 heteroatoms. The zero-order valence-electron chi connectivity index (χ0n) is 70.4. The lowest BCUT2D eigenvalue weighted by molar-refractivity contribution is -0.858. The third-order valence-electron chi connectivity index (χ3n) is 20.3. The van der Waals surface area contributed by atoms with Crippen LogP contribution in [0.2, 0.25) is 0 Å². The number of hydrogen-bond acceptors (Lipinski definition) is 18. The molecule has 10 aromatic heterocycles. The van der Waals surface area contributed by atoms with Crippen LogP contribution in [0.15, 0.2) is 104 Å². The first kappa shape index (κ1) is 89.5. The number of quaternary nitrogens is 1. The number of unbranched alkanes of at least 4 members (excludes halogenated alkanes) is 1. The van der Waals surface area contributed by atoms with Crippen molar-refractivity contribution < 1.29 is 76.8 Å². The van der Waals surface area contributed by atoms with Gasteiger partial charge in [-0.05, 0) is 91.3 Å². The monoisotopic (exact) mass is 1660 g/mol. The van der Waals surface area contributed by atoms with Gasteiger partial charge in [-0.15, -0.1) is 0 Å². The van der Waals surface area contributed by atoms with Gasteiger partial charge in [0.25, 0.3) is 29.5 Å². The van der Waals surface area contributed by atoms with E-state index in [4.69, 9.17) is 0 Å². The Morgan fingerprint density at radius 2 is 0.694 bits per heavy atom. The van der Waals surface area contributed by atoms with Crippen LogP contribution in [0.5, 0.6) is 0 Å². The Bertz CT molecular complexity index is 5660. The molecule has 0 radical (unpaired) electrons. The second kappa shape index (κ2) is 40.1. The number of anilines is 5. The number of nitrogens with one attached hydrogen (secondary N) is 8. The van der Waals surface area contributed by atoms with Crippen LogP contribution in [0.1, 0.15) is 217 Å². The van der Waals surface area contributed by atoms with Crippen molar-refractivity contribution in [3.05, 3.63) is 190 Å². The summed E-state index contributed by atoms with van der Waals surface area (Å²) in [7, 11) is 20.7. The van der Waals surface area contributed by atoms with Crippen molar-refractivity contribution in [2.45, 2.75) is 116 Å².